The second kappa shape index (κ2) is 15.8. The van der Waals surface area contributed by atoms with E-state index in [1.54, 1.807) is 21.7 Å². The number of aliphatic hydroxyl groups excluding tert-OH is 1. The number of aliphatic hydroxyl groups is 1. The highest BCUT2D eigenvalue weighted by molar-refractivity contribution is 5.99. The fraction of sp³-hybridized carbons (Fsp3) is 0.487. The number of benzene rings is 2. The zero-order valence-electron chi connectivity index (χ0n) is 29.8. The summed E-state index contributed by atoms with van der Waals surface area (Å²) in [7, 11) is 0. The third-order valence-electron chi connectivity index (χ3n) is 11.0. The molecule has 276 valence electrons. The summed E-state index contributed by atoms with van der Waals surface area (Å²) in [5.74, 6) is -3.65. The zero-order chi connectivity index (χ0) is 37.0. The van der Waals surface area contributed by atoms with E-state index >= 15 is 0 Å². The maximum atomic E-state index is 15.0. The lowest BCUT2D eigenvalue weighted by Crippen LogP contribution is -2.60. The highest BCUT2D eigenvalue weighted by Gasteiger charge is 2.75. The number of rotatable bonds is 17. The van der Waals surface area contributed by atoms with Gasteiger partial charge >= 0.3 is 5.97 Å². The number of esters is 1. The number of nitrogens with zero attached hydrogens (tertiary/aromatic N) is 5. The Hall–Kier alpha value is -4.88. The van der Waals surface area contributed by atoms with Crippen molar-refractivity contribution in [1.29, 1.82) is 0 Å². The number of para-hydroxylation sites is 1. The van der Waals surface area contributed by atoms with Crippen LogP contribution in [0.25, 0.3) is 11.0 Å². The van der Waals surface area contributed by atoms with Gasteiger partial charge in [-0.05, 0) is 42.9 Å². The van der Waals surface area contributed by atoms with Crippen LogP contribution in [0.5, 0.6) is 0 Å². The Bertz CT molecular complexity index is 1800. The number of likely N-dealkylation sites (tertiary alicyclic amines) is 1. The number of amides is 3. The van der Waals surface area contributed by atoms with Crippen LogP contribution >= 0.6 is 0 Å². The molecule has 4 heterocycles. The van der Waals surface area contributed by atoms with Gasteiger partial charge in [0, 0.05) is 13.0 Å². The van der Waals surface area contributed by atoms with Gasteiger partial charge in [0.15, 0.2) is 0 Å². The van der Waals surface area contributed by atoms with Gasteiger partial charge in [-0.25, -0.2) is 4.68 Å². The first-order valence-electron chi connectivity index (χ1n) is 18.1. The molecule has 3 saturated heterocycles. The van der Waals surface area contributed by atoms with Crippen LogP contribution in [0.2, 0.25) is 0 Å². The Morgan fingerprint density at radius 2 is 1.90 bits per heavy atom. The second-order valence-electron chi connectivity index (χ2n) is 14.0. The molecule has 0 aliphatic carbocycles. The van der Waals surface area contributed by atoms with Crippen molar-refractivity contribution in [3.63, 3.8) is 0 Å². The molecule has 0 saturated carbocycles. The second-order valence-corrected chi connectivity index (χ2v) is 14.0. The number of carbonyl (C=O) groups is 4. The Balaban J connectivity index is 1.33. The molecule has 3 aliphatic heterocycles. The summed E-state index contributed by atoms with van der Waals surface area (Å²) in [5, 5.41) is 22.4. The highest BCUT2D eigenvalue weighted by atomic mass is 16.5. The van der Waals surface area contributed by atoms with Crippen LogP contribution in [0.15, 0.2) is 79.9 Å². The predicted octanol–water partition coefficient (Wildman–Crippen LogP) is 3.55. The van der Waals surface area contributed by atoms with E-state index in [-0.39, 0.29) is 44.7 Å². The number of nitrogens with one attached hydrogen (secondary N) is 1. The Kier molecular flexibility index (Phi) is 11.2. The molecule has 13 nitrogen and oxygen atoms in total. The Morgan fingerprint density at radius 3 is 2.62 bits per heavy atom. The lowest BCUT2D eigenvalue weighted by atomic mass is 9.70. The molecule has 0 radical (unpaired) electrons. The first-order chi connectivity index (χ1) is 25.2. The van der Waals surface area contributed by atoms with Crippen LogP contribution in [0, 0.1) is 17.8 Å². The molecule has 3 aliphatic rings. The molecule has 2 aromatic carbocycles. The molecule has 52 heavy (non-hydrogen) atoms. The average molecular weight is 713 g/mol. The van der Waals surface area contributed by atoms with E-state index in [4.69, 9.17) is 9.47 Å². The van der Waals surface area contributed by atoms with E-state index in [0.29, 0.717) is 31.2 Å². The van der Waals surface area contributed by atoms with Crippen LogP contribution in [-0.4, -0.2) is 97.1 Å². The molecule has 8 atom stereocenters. The van der Waals surface area contributed by atoms with Gasteiger partial charge in [-0.15, -0.1) is 18.3 Å². The van der Waals surface area contributed by atoms with Crippen molar-refractivity contribution in [2.75, 3.05) is 19.8 Å². The summed E-state index contributed by atoms with van der Waals surface area (Å²) in [6.07, 6.45) is 4.78. The van der Waals surface area contributed by atoms with Crippen LogP contribution in [-0.2, 0) is 35.3 Å². The number of fused-ring (bicyclic) bond motifs is 2. The molecule has 2 bridgehead atoms. The molecule has 3 amide bonds. The topological polar surface area (TPSA) is 156 Å². The van der Waals surface area contributed by atoms with Gasteiger partial charge in [0.2, 0.25) is 17.7 Å². The Labute approximate surface area is 303 Å². The third-order valence-corrected chi connectivity index (χ3v) is 11.0. The molecule has 3 aromatic rings. The fourth-order valence-corrected chi connectivity index (χ4v) is 8.21. The van der Waals surface area contributed by atoms with Crippen molar-refractivity contribution >= 4 is 34.7 Å². The molecule has 6 rings (SSSR count). The SMILES string of the molecule is C=CCCC(=O)OC[C@H](NC(=O)[C@@H]1[C@H]2C(=O)N([C@@H](CO)[C@@H](C)CC)[C@H](C(=O)N(CC=C)Cn3nnc4ccccc43)[C@]23CC[C@H]1O3)c1ccccc1. The molecule has 0 unspecified atom stereocenters. The van der Waals surface area contributed by atoms with Gasteiger partial charge in [-0.1, -0.05) is 80.1 Å². The summed E-state index contributed by atoms with van der Waals surface area (Å²) in [4.78, 5) is 59.7. The van der Waals surface area contributed by atoms with E-state index in [0.717, 1.165) is 11.1 Å². The smallest absolute Gasteiger partial charge is 0.306 e. The fourth-order valence-electron chi connectivity index (χ4n) is 8.21. The minimum atomic E-state index is -1.30. The highest BCUT2D eigenvalue weighted by Crippen LogP contribution is 2.59. The molecule has 1 aromatic heterocycles. The van der Waals surface area contributed by atoms with Crippen molar-refractivity contribution in [2.45, 2.75) is 82.5 Å². The quantitative estimate of drug-likeness (QED) is 0.158. The number of aromatic nitrogens is 3. The van der Waals surface area contributed by atoms with Crippen molar-refractivity contribution in [3.05, 3.63) is 85.5 Å². The minimum absolute atomic E-state index is 0.0371. The van der Waals surface area contributed by atoms with E-state index in [9.17, 15) is 24.3 Å². The number of hydrogen-bond donors (Lipinski definition) is 2. The van der Waals surface area contributed by atoms with Gasteiger partial charge in [0.05, 0.1) is 42.1 Å². The monoisotopic (exact) mass is 712 g/mol. The maximum absolute atomic E-state index is 15.0. The number of carbonyl (C=O) groups excluding carboxylic acids is 4. The molecule has 13 heteroatoms. The van der Waals surface area contributed by atoms with Crippen LogP contribution in [0.1, 0.15) is 57.6 Å². The van der Waals surface area contributed by atoms with Crippen molar-refractivity contribution in [1.82, 2.24) is 30.1 Å². The summed E-state index contributed by atoms with van der Waals surface area (Å²) >= 11 is 0. The molecule has 2 N–H and O–H groups in total. The van der Waals surface area contributed by atoms with E-state index in [2.05, 4.69) is 28.8 Å². The van der Waals surface area contributed by atoms with Crippen LogP contribution < -0.4 is 5.32 Å². The first kappa shape index (κ1) is 36.9. The predicted molar refractivity (Wildman–Crippen MR) is 192 cm³/mol. The van der Waals surface area contributed by atoms with Crippen molar-refractivity contribution < 1.29 is 33.8 Å². The molecular weight excluding hydrogens is 664 g/mol. The summed E-state index contributed by atoms with van der Waals surface area (Å²) in [5.41, 5.74) is 0.845. The maximum Gasteiger partial charge on any atom is 0.306 e. The number of allylic oxidation sites excluding steroid dienone is 1. The molecular formula is C39H48N6O7. The van der Waals surface area contributed by atoms with Crippen molar-refractivity contribution in [2.24, 2.45) is 17.8 Å². The lowest BCUT2D eigenvalue weighted by molar-refractivity contribution is -0.153. The molecule has 1 spiro atoms. The van der Waals surface area contributed by atoms with E-state index < -0.39 is 59.5 Å². The van der Waals surface area contributed by atoms with Gasteiger partial charge in [-0.2, -0.15) is 0 Å². The van der Waals surface area contributed by atoms with Gasteiger partial charge < -0.3 is 29.7 Å². The first-order valence-corrected chi connectivity index (χ1v) is 18.1. The number of ether oxygens (including phenoxy) is 2. The summed E-state index contributed by atoms with van der Waals surface area (Å²) in [6, 6.07) is 14.1. The summed E-state index contributed by atoms with van der Waals surface area (Å²) < 4.78 is 13.9. The largest absolute Gasteiger partial charge is 0.463 e. The van der Waals surface area contributed by atoms with Crippen LogP contribution in [0.3, 0.4) is 0 Å². The normalized spacial score (nSPS) is 25.0. The summed E-state index contributed by atoms with van der Waals surface area (Å²) in [6.45, 7) is 11.2. The van der Waals surface area contributed by atoms with E-state index in [1.165, 1.54) is 4.90 Å². The standard InChI is InChI=1S/C39H48N6O7/c1-5-8-18-32(47)51-23-28(26-14-10-9-11-15-26)40-36(48)33-31-19-20-39(52-31)34(33)37(49)45(30(22-46)25(4)7-3)35(39)38(50)43(21-6-2)24-44-29-17-13-12-16-27(29)41-42-44/h5-6,9-17,25,28,30-31,33-35,46H,1-2,7-8,18-24H2,3-4H3,(H,40,48)/t25-,28-,30-,31+,33-,34-,35+,39-/m0/s1. The lowest BCUT2D eigenvalue weighted by Gasteiger charge is -2.40. The van der Waals surface area contributed by atoms with Gasteiger partial charge in [0.1, 0.15) is 30.4 Å². The van der Waals surface area contributed by atoms with Gasteiger partial charge in [0.25, 0.3) is 0 Å². The number of hydrogen-bond acceptors (Lipinski definition) is 9. The zero-order valence-corrected chi connectivity index (χ0v) is 29.8. The Morgan fingerprint density at radius 1 is 1.15 bits per heavy atom. The third kappa shape index (κ3) is 6.74. The molecule has 3 fully saturated rings. The average Bonchev–Trinajstić information content (AvgIpc) is 3.92. The van der Waals surface area contributed by atoms with Crippen LogP contribution in [0.4, 0.5) is 0 Å². The minimum Gasteiger partial charge on any atom is -0.463 e. The van der Waals surface area contributed by atoms with Gasteiger partial charge in [-0.3, -0.25) is 19.2 Å². The van der Waals surface area contributed by atoms with Crippen molar-refractivity contribution in [3.8, 4) is 0 Å². The van der Waals surface area contributed by atoms with E-state index in [1.807, 2.05) is 68.4 Å².